The van der Waals surface area contributed by atoms with Crippen LogP contribution in [0.2, 0.25) is 0 Å². The molecule has 0 amide bonds. The van der Waals surface area contributed by atoms with Crippen LogP contribution < -0.4 is 10.5 Å². The fourth-order valence-electron chi connectivity index (χ4n) is 1.34. The van der Waals surface area contributed by atoms with Gasteiger partial charge in [-0.25, -0.2) is 18.1 Å². The number of rotatable bonds is 5. The Kier molecular flexibility index (Phi) is 5.13. The zero-order valence-corrected chi connectivity index (χ0v) is 11.8. The van der Waals surface area contributed by atoms with Crippen molar-refractivity contribution in [3.63, 3.8) is 0 Å². The van der Waals surface area contributed by atoms with Gasteiger partial charge >= 0.3 is 0 Å². The Labute approximate surface area is 112 Å². The molecule has 0 unspecified atom stereocenters. The van der Waals surface area contributed by atoms with Crippen LogP contribution >= 0.6 is 11.6 Å². The van der Waals surface area contributed by atoms with E-state index < -0.39 is 10.0 Å². The highest BCUT2D eigenvalue weighted by molar-refractivity contribution is 7.89. The van der Waals surface area contributed by atoms with Gasteiger partial charge in [-0.15, -0.1) is 11.6 Å². The molecule has 1 aromatic carbocycles. The van der Waals surface area contributed by atoms with E-state index in [2.05, 4.69) is 9.71 Å². The monoisotopic (exact) mass is 289 g/mol. The average Bonchev–Trinajstić information content (AvgIpc) is 2.27. The maximum absolute atomic E-state index is 12.1. The van der Waals surface area contributed by atoms with E-state index in [-0.39, 0.29) is 28.3 Å². The normalized spacial score (nSPS) is 13.0. The van der Waals surface area contributed by atoms with E-state index in [1.54, 1.807) is 32.0 Å². The van der Waals surface area contributed by atoms with E-state index in [1.807, 2.05) is 0 Å². The molecule has 1 aromatic rings. The lowest BCUT2D eigenvalue weighted by Crippen LogP contribution is -2.30. The van der Waals surface area contributed by atoms with Crippen LogP contribution in [0.4, 0.5) is 5.69 Å². The van der Waals surface area contributed by atoms with Crippen molar-refractivity contribution in [1.29, 1.82) is 0 Å². The van der Waals surface area contributed by atoms with Crippen molar-refractivity contribution in [2.45, 2.75) is 24.8 Å². The maximum atomic E-state index is 12.1. The summed E-state index contributed by atoms with van der Waals surface area (Å²) in [6, 6.07) is 6.18. The molecule has 0 atom stereocenters. The minimum atomic E-state index is -3.60. The second-order valence-corrected chi connectivity index (χ2v) is 5.93. The molecule has 0 aliphatic carbocycles. The van der Waals surface area contributed by atoms with Gasteiger partial charge in [-0.05, 0) is 26.0 Å². The number of amidine groups is 1. The molecule has 1 rings (SSSR count). The van der Waals surface area contributed by atoms with Gasteiger partial charge in [0.15, 0.2) is 0 Å². The molecule has 0 bridgehead atoms. The quantitative estimate of drug-likeness (QED) is 0.490. The number of nitrogens with two attached hydrogens (primary N) is 1. The van der Waals surface area contributed by atoms with Gasteiger partial charge in [-0.1, -0.05) is 12.1 Å². The van der Waals surface area contributed by atoms with Crippen LogP contribution in [0.1, 0.15) is 13.8 Å². The number of benzene rings is 1. The number of para-hydroxylation sites is 1. The van der Waals surface area contributed by atoms with E-state index in [0.29, 0.717) is 0 Å². The van der Waals surface area contributed by atoms with Crippen LogP contribution in [-0.2, 0) is 10.0 Å². The predicted molar refractivity (Wildman–Crippen MR) is 73.9 cm³/mol. The third-order valence-electron chi connectivity index (χ3n) is 1.95. The molecule has 0 saturated heterocycles. The number of alkyl halides is 1. The summed E-state index contributed by atoms with van der Waals surface area (Å²) in [6.45, 7) is 3.49. The lowest BCUT2D eigenvalue weighted by molar-refractivity contribution is 0.570. The van der Waals surface area contributed by atoms with Gasteiger partial charge in [0.05, 0.1) is 11.6 Å². The van der Waals surface area contributed by atoms with Gasteiger partial charge in [0.2, 0.25) is 10.0 Å². The Morgan fingerprint density at radius 2 is 2.06 bits per heavy atom. The Hall–Kier alpha value is -1.11. The van der Waals surface area contributed by atoms with Gasteiger partial charge < -0.3 is 5.73 Å². The first-order valence-electron chi connectivity index (χ1n) is 5.37. The first-order valence-corrected chi connectivity index (χ1v) is 7.39. The van der Waals surface area contributed by atoms with Crippen molar-refractivity contribution in [2.24, 2.45) is 10.7 Å². The van der Waals surface area contributed by atoms with Crippen LogP contribution in [0.3, 0.4) is 0 Å². The second-order valence-electron chi connectivity index (χ2n) is 3.98. The maximum Gasteiger partial charge on any atom is 0.242 e. The molecular formula is C11H16ClN3O2S. The molecule has 0 fully saturated rings. The summed E-state index contributed by atoms with van der Waals surface area (Å²) in [5.74, 6) is 0.218. The van der Waals surface area contributed by atoms with Crippen molar-refractivity contribution in [3.8, 4) is 0 Å². The number of aliphatic imine (C=N–C) groups is 1. The molecule has 3 N–H and O–H groups in total. The van der Waals surface area contributed by atoms with Crippen molar-refractivity contribution >= 4 is 33.1 Å². The van der Waals surface area contributed by atoms with Crippen LogP contribution in [0.25, 0.3) is 0 Å². The minimum Gasteiger partial charge on any atom is -0.386 e. The molecule has 100 valence electrons. The summed E-state index contributed by atoms with van der Waals surface area (Å²) in [6.07, 6.45) is 0. The minimum absolute atomic E-state index is 0.0476. The van der Waals surface area contributed by atoms with E-state index in [4.69, 9.17) is 17.3 Å². The molecule has 0 heterocycles. The smallest absolute Gasteiger partial charge is 0.242 e. The number of nitrogens with one attached hydrogen (secondary N) is 1. The SMILES string of the molecule is CC(C)NS(=O)(=O)c1ccccc1N=C(N)CCl. The molecule has 0 radical (unpaired) electrons. The fraction of sp³-hybridized carbons (Fsp3) is 0.364. The summed E-state index contributed by atoms with van der Waals surface area (Å²) in [4.78, 5) is 4.08. The van der Waals surface area contributed by atoms with Crippen LogP contribution in [0, 0.1) is 0 Å². The summed E-state index contributed by atoms with van der Waals surface area (Å²) >= 11 is 5.53. The molecule has 0 spiro atoms. The largest absolute Gasteiger partial charge is 0.386 e. The summed E-state index contributed by atoms with van der Waals surface area (Å²) < 4.78 is 26.7. The first kappa shape index (κ1) is 14.9. The summed E-state index contributed by atoms with van der Waals surface area (Å²) in [7, 11) is -3.60. The zero-order chi connectivity index (χ0) is 13.8. The number of nitrogens with zero attached hydrogens (tertiary/aromatic N) is 1. The number of hydrogen-bond acceptors (Lipinski definition) is 3. The second kappa shape index (κ2) is 6.17. The lowest BCUT2D eigenvalue weighted by Gasteiger charge is -2.11. The topological polar surface area (TPSA) is 84.5 Å². The van der Waals surface area contributed by atoms with E-state index in [0.717, 1.165) is 0 Å². The van der Waals surface area contributed by atoms with E-state index in [9.17, 15) is 8.42 Å². The first-order chi connectivity index (χ1) is 8.36. The van der Waals surface area contributed by atoms with Crippen molar-refractivity contribution in [3.05, 3.63) is 24.3 Å². The molecule has 7 heteroatoms. The molecule has 18 heavy (non-hydrogen) atoms. The van der Waals surface area contributed by atoms with Gasteiger partial charge in [-0.2, -0.15) is 0 Å². The highest BCUT2D eigenvalue weighted by Crippen LogP contribution is 2.23. The highest BCUT2D eigenvalue weighted by atomic mass is 35.5. The van der Waals surface area contributed by atoms with Crippen molar-refractivity contribution in [2.75, 3.05) is 5.88 Å². The van der Waals surface area contributed by atoms with Crippen LogP contribution in [-0.4, -0.2) is 26.2 Å². The Morgan fingerprint density at radius 1 is 1.44 bits per heavy atom. The average molecular weight is 290 g/mol. The van der Waals surface area contributed by atoms with Crippen LogP contribution in [0.15, 0.2) is 34.2 Å². The van der Waals surface area contributed by atoms with Crippen molar-refractivity contribution < 1.29 is 8.42 Å². The number of sulfonamides is 1. The van der Waals surface area contributed by atoms with Crippen molar-refractivity contribution in [1.82, 2.24) is 4.72 Å². The third kappa shape index (κ3) is 3.97. The summed E-state index contributed by atoms with van der Waals surface area (Å²) in [5.41, 5.74) is 5.80. The molecule has 0 aliphatic heterocycles. The third-order valence-corrected chi connectivity index (χ3v) is 3.93. The van der Waals surface area contributed by atoms with E-state index in [1.165, 1.54) is 6.07 Å². The molecule has 0 aromatic heterocycles. The lowest BCUT2D eigenvalue weighted by atomic mass is 10.3. The van der Waals surface area contributed by atoms with E-state index >= 15 is 0 Å². The van der Waals surface area contributed by atoms with Crippen LogP contribution in [0.5, 0.6) is 0 Å². The molecule has 0 saturated carbocycles. The summed E-state index contributed by atoms with van der Waals surface area (Å²) in [5, 5.41) is 0. The number of hydrogen-bond donors (Lipinski definition) is 2. The Morgan fingerprint density at radius 3 is 2.61 bits per heavy atom. The molecular weight excluding hydrogens is 274 g/mol. The number of halogens is 1. The van der Waals surface area contributed by atoms with Gasteiger partial charge in [0, 0.05) is 6.04 Å². The Bertz CT molecular complexity index is 541. The van der Waals surface area contributed by atoms with Gasteiger partial charge in [0.25, 0.3) is 0 Å². The molecule has 0 aliphatic rings. The van der Waals surface area contributed by atoms with Gasteiger partial charge in [0.1, 0.15) is 10.7 Å². The molecule has 5 nitrogen and oxygen atoms in total. The Balaban J connectivity index is 3.26. The highest BCUT2D eigenvalue weighted by Gasteiger charge is 2.18. The zero-order valence-electron chi connectivity index (χ0n) is 10.2. The standard InChI is InChI=1S/C11H16ClN3O2S/c1-8(2)15-18(16,17)10-6-4-3-5-9(10)14-11(13)7-12/h3-6,8,15H,7H2,1-2H3,(H2,13,14). The fourth-order valence-corrected chi connectivity index (χ4v) is 2.79. The predicted octanol–water partition coefficient (Wildman–Crippen LogP) is 1.60. The van der Waals surface area contributed by atoms with Gasteiger partial charge in [-0.3, -0.25) is 0 Å².